The number of benzene rings is 5. The Labute approximate surface area is 247 Å². The van der Waals surface area contributed by atoms with Crippen molar-refractivity contribution in [1.29, 1.82) is 0 Å². The van der Waals surface area contributed by atoms with E-state index >= 15 is 0 Å². The van der Waals surface area contributed by atoms with Gasteiger partial charge in [-0.2, -0.15) is 30.3 Å². The van der Waals surface area contributed by atoms with Crippen molar-refractivity contribution < 1.29 is 59.2 Å². The number of aryl methyl sites for hydroxylation is 1. The fourth-order valence-corrected chi connectivity index (χ4v) is 4.06. The van der Waals surface area contributed by atoms with Gasteiger partial charge in [0.05, 0.1) is 0 Å². The number of ether oxygens (including phenoxy) is 1. The molecule has 0 atom stereocenters. The molecular weight excluding hydrogens is 598 g/mol. The second-order valence-electron chi connectivity index (χ2n) is 8.60. The van der Waals surface area contributed by atoms with Crippen molar-refractivity contribution in [3.63, 3.8) is 0 Å². The first kappa shape index (κ1) is 27.1. The fraction of sp³-hybridized carbons (Fsp3) is 0.0625. The van der Waals surface area contributed by atoms with E-state index in [1.807, 2.05) is 67.6 Å². The van der Waals surface area contributed by atoms with Crippen LogP contribution in [0.1, 0.15) is 11.1 Å². The number of hydrogen-bond acceptors (Lipinski definition) is 1. The van der Waals surface area contributed by atoms with Crippen LogP contribution in [0.3, 0.4) is 0 Å². The summed E-state index contributed by atoms with van der Waals surface area (Å²) in [6.45, 7) is 2.03. The Balaban J connectivity index is 0.00000320. The van der Waals surface area contributed by atoms with Gasteiger partial charge in [0.15, 0.2) is 17.4 Å². The molecule has 0 aliphatic carbocycles. The van der Waals surface area contributed by atoms with E-state index in [-0.39, 0.29) is 59.0 Å². The summed E-state index contributed by atoms with van der Waals surface area (Å²) in [5.41, 5.74) is 5.79. The molecule has 0 N–H and O–H groups in total. The third-order valence-corrected chi connectivity index (χ3v) is 6.05. The van der Waals surface area contributed by atoms with Gasteiger partial charge in [0.2, 0.25) is 0 Å². The van der Waals surface area contributed by atoms with E-state index in [0.29, 0.717) is 5.56 Å². The molecule has 0 saturated carbocycles. The van der Waals surface area contributed by atoms with E-state index in [4.69, 9.17) is 4.74 Å². The van der Waals surface area contributed by atoms with Gasteiger partial charge in [-0.3, -0.25) is 0 Å². The monoisotopic (exact) mass is 620 g/mol. The fourth-order valence-electron chi connectivity index (χ4n) is 4.06. The number of rotatable bonds is 6. The van der Waals surface area contributed by atoms with Gasteiger partial charge >= 0.3 is 0 Å². The average Bonchev–Trinajstić information content (AvgIpc) is 2.89. The Hall–Kier alpha value is -2.95. The summed E-state index contributed by atoms with van der Waals surface area (Å²) >= 11 is 0. The predicted octanol–water partition coefficient (Wildman–Crippen LogP) is 8.79. The molecule has 5 aromatic rings. The van der Waals surface area contributed by atoms with E-state index in [1.165, 1.54) is 17.7 Å². The van der Waals surface area contributed by atoms with E-state index in [0.717, 1.165) is 34.4 Å². The molecule has 0 unspecified atom stereocenters. The van der Waals surface area contributed by atoms with Crippen LogP contribution in [-0.2, 0) is 6.61 Å². The van der Waals surface area contributed by atoms with Crippen molar-refractivity contribution in [3.05, 3.63) is 138 Å². The molecule has 1 nitrogen and oxygen atoms in total. The van der Waals surface area contributed by atoms with Gasteiger partial charge in [-0.1, -0.05) is 66.2 Å². The van der Waals surface area contributed by atoms with E-state index in [2.05, 4.69) is 6.07 Å². The summed E-state index contributed by atoms with van der Waals surface area (Å²) in [5, 5.41) is 0. The van der Waals surface area contributed by atoms with Gasteiger partial charge in [-0.05, 0) is 52.9 Å². The van der Waals surface area contributed by atoms with Crippen LogP contribution in [0.4, 0.5) is 13.2 Å². The molecule has 0 aliphatic heterocycles. The first-order chi connectivity index (χ1) is 17.5. The largest absolute Gasteiger partial charge is 0.483 e. The standard InChI is InChI=1S/C32H22F3O.Pr/c1-21-7-11-24(12-8-21)25-13-9-22(10-14-25)20-36-32-30(34)18-27(19-31(32)35)28-16-15-26(17-29(28)33)23-5-3-2-4-6-23;/h3-19H,20H2,1H3;/q-1;. The molecule has 0 amide bonds. The van der Waals surface area contributed by atoms with Gasteiger partial charge in [0.25, 0.3) is 0 Å². The Bertz CT molecular complexity index is 1480. The molecule has 0 heterocycles. The molecule has 5 heteroatoms. The summed E-state index contributed by atoms with van der Waals surface area (Å²) in [4.78, 5) is 0. The van der Waals surface area contributed by atoms with E-state index in [9.17, 15) is 13.2 Å². The van der Waals surface area contributed by atoms with Gasteiger partial charge in [0.1, 0.15) is 12.4 Å². The first-order valence-corrected chi connectivity index (χ1v) is 11.5. The molecule has 0 spiro atoms. The minimum absolute atomic E-state index is 0. The van der Waals surface area contributed by atoms with Crippen molar-refractivity contribution in [2.24, 2.45) is 0 Å². The van der Waals surface area contributed by atoms with Crippen LogP contribution in [0.15, 0.2) is 103 Å². The normalized spacial score (nSPS) is 10.6. The summed E-state index contributed by atoms with van der Waals surface area (Å²) in [6.07, 6.45) is 0. The zero-order chi connectivity index (χ0) is 25.1. The predicted molar refractivity (Wildman–Crippen MR) is 137 cm³/mol. The topological polar surface area (TPSA) is 9.23 Å². The SMILES string of the molecule is Cc1ccc(-c2ccc(COc3c(F)cc(-c4ccc(-c5cc[c-]cc5)cc4F)cc3F)cc2)cc1.[Pr]. The third-order valence-electron chi connectivity index (χ3n) is 6.05. The zero-order valence-corrected chi connectivity index (χ0v) is 23.8. The minimum atomic E-state index is -0.886. The zero-order valence-electron chi connectivity index (χ0n) is 20.1. The first-order valence-electron chi connectivity index (χ1n) is 11.5. The summed E-state index contributed by atoms with van der Waals surface area (Å²) in [7, 11) is 0. The Morgan fingerprint density at radius 2 is 1.11 bits per heavy atom. The van der Waals surface area contributed by atoms with E-state index in [1.54, 1.807) is 18.2 Å². The molecule has 0 aliphatic rings. The molecular formula is C32H22F3OPr-. The second-order valence-corrected chi connectivity index (χ2v) is 8.60. The molecule has 0 saturated heterocycles. The van der Waals surface area contributed by atoms with Crippen molar-refractivity contribution in [2.75, 3.05) is 0 Å². The summed E-state index contributed by atoms with van der Waals surface area (Å²) in [5.74, 6) is -2.83. The van der Waals surface area contributed by atoms with Crippen molar-refractivity contribution in [1.82, 2.24) is 0 Å². The smallest absolute Gasteiger partial charge is 0.191 e. The summed E-state index contributed by atoms with van der Waals surface area (Å²) < 4.78 is 49.9. The molecule has 5 aromatic carbocycles. The van der Waals surface area contributed by atoms with Crippen LogP contribution in [0.25, 0.3) is 33.4 Å². The number of halogens is 3. The molecule has 37 heavy (non-hydrogen) atoms. The van der Waals surface area contributed by atoms with Crippen molar-refractivity contribution >= 4 is 0 Å². The molecule has 0 aromatic heterocycles. The Morgan fingerprint density at radius 1 is 0.595 bits per heavy atom. The van der Waals surface area contributed by atoms with Crippen molar-refractivity contribution in [3.8, 4) is 39.1 Å². The maximum Gasteiger partial charge on any atom is 0.191 e. The van der Waals surface area contributed by atoms with Gasteiger partial charge in [-0.25, -0.2) is 13.2 Å². The molecule has 181 valence electrons. The van der Waals surface area contributed by atoms with Crippen LogP contribution < -0.4 is 4.74 Å². The van der Waals surface area contributed by atoms with Crippen LogP contribution in [0.2, 0.25) is 0 Å². The molecule has 0 bridgehead atoms. The van der Waals surface area contributed by atoms with Gasteiger partial charge in [0, 0.05) is 46.9 Å². The summed E-state index contributed by atoms with van der Waals surface area (Å²) in [6, 6.07) is 32.6. The van der Waals surface area contributed by atoms with Crippen LogP contribution >= 0.6 is 0 Å². The van der Waals surface area contributed by atoms with Crippen LogP contribution in [-0.4, -0.2) is 0 Å². The Kier molecular flexibility index (Phi) is 8.84. The molecule has 5 rings (SSSR count). The second kappa shape index (κ2) is 12.1. The van der Waals surface area contributed by atoms with Crippen LogP contribution in [0.5, 0.6) is 5.75 Å². The minimum Gasteiger partial charge on any atom is -0.483 e. The van der Waals surface area contributed by atoms with Gasteiger partial charge < -0.3 is 4.74 Å². The maximum absolute atomic E-state index is 14.8. The van der Waals surface area contributed by atoms with Crippen LogP contribution in [0, 0.1) is 71.7 Å². The Morgan fingerprint density at radius 3 is 1.70 bits per heavy atom. The van der Waals surface area contributed by atoms with Crippen molar-refractivity contribution in [2.45, 2.75) is 13.5 Å². The third kappa shape index (κ3) is 6.31. The quantitative estimate of drug-likeness (QED) is 0.173. The molecule has 0 fully saturated rings. The average molecular weight is 620 g/mol. The van der Waals surface area contributed by atoms with E-state index < -0.39 is 23.2 Å². The van der Waals surface area contributed by atoms with Gasteiger partial charge in [-0.15, -0.1) is 5.56 Å². The molecule has 1 radical (unpaired) electrons. The number of hydrogen-bond donors (Lipinski definition) is 0. The maximum atomic E-state index is 14.8.